The summed E-state index contributed by atoms with van der Waals surface area (Å²) in [7, 11) is 1.04. The van der Waals surface area contributed by atoms with E-state index in [1.807, 2.05) is 0 Å². The molecule has 0 heterocycles. The Morgan fingerprint density at radius 2 is 1.47 bits per heavy atom. The first kappa shape index (κ1) is 15.9. The van der Waals surface area contributed by atoms with Crippen molar-refractivity contribution >= 4 is 11.6 Å². The Morgan fingerprint density at radius 1 is 1.05 bits per heavy atom. The molecule has 0 aromatic heterocycles. The van der Waals surface area contributed by atoms with Crippen LogP contribution in [0.25, 0.3) is 0 Å². The largest absolute Gasteiger partial charge is 0.497 e. The molecular formula is C10H6ClF7O. The molecule has 0 fully saturated rings. The summed E-state index contributed by atoms with van der Waals surface area (Å²) in [5, 5.41) is -3.22. The van der Waals surface area contributed by atoms with E-state index in [-0.39, 0.29) is 5.75 Å². The van der Waals surface area contributed by atoms with E-state index in [2.05, 4.69) is 4.74 Å². The molecule has 19 heavy (non-hydrogen) atoms. The molecule has 0 saturated carbocycles. The van der Waals surface area contributed by atoms with Crippen LogP contribution in [-0.4, -0.2) is 19.2 Å². The molecule has 1 aromatic rings. The SMILES string of the molecule is COc1cc(F)c(C(Cl)C(F)(F)C(F)(F)F)c(F)c1. The van der Waals surface area contributed by atoms with Gasteiger partial charge in [-0.15, -0.1) is 11.6 Å². The number of hydrogen-bond acceptors (Lipinski definition) is 1. The van der Waals surface area contributed by atoms with E-state index in [1.54, 1.807) is 0 Å². The van der Waals surface area contributed by atoms with Crippen molar-refractivity contribution in [1.29, 1.82) is 0 Å². The zero-order valence-corrected chi connectivity index (χ0v) is 9.92. The van der Waals surface area contributed by atoms with Gasteiger partial charge >= 0.3 is 12.1 Å². The second-order valence-corrected chi connectivity index (χ2v) is 3.92. The third-order valence-corrected chi connectivity index (χ3v) is 2.73. The summed E-state index contributed by atoms with van der Waals surface area (Å²) in [4.78, 5) is 0. The molecule has 1 nitrogen and oxygen atoms in total. The maximum atomic E-state index is 13.4. The number of alkyl halides is 6. The van der Waals surface area contributed by atoms with Gasteiger partial charge in [-0.05, 0) is 0 Å². The molecule has 0 amide bonds. The molecule has 0 spiro atoms. The highest BCUT2D eigenvalue weighted by atomic mass is 35.5. The van der Waals surface area contributed by atoms with Gasteiger partial charge in [0, 0.05) is 17.7 Å². The van der Waals surface area contributed by atoms with E-state index >= 15 is 0 Å². The molecule has 0 aliphatic heterocycles. The lowest BCUT2D eigenvalue weighted by molar-refractivity contribution is -0.283. The molecule has 1 rings (SSSR count). The fourth-order valence-corrected chi connectivity index (χ4v) is 1.58. The van der Waals surface area contributed by atoms with Crippen molar-refractivity contribution in [3.05, 3.63) is 29.3 Å². The van der Waals surface area contributed by atoms with Crippen LogP contribution in [0.1, 0.15) is 10.9 Å². The smallest absolute Gasteiger partial charge is 0.455 e. The van der Waals surface area contributed by atoms with Gasteiger partial charge in [-0.3, -0.25) is 0 Å². The van der Waals surface area contributed by atoms with Gasteiger partial charge in [0.05, 0.1) is 7.11 Å². The van der Waals surface area contributed by atoms with Crippen LogP contribution in [0.2, 0.25) is 0 Å². The number of hydrogen-bond donors (Lipinski definition) is 0. The minimum absolute atomic E-state index is 0.377. The fourth-order valence-electron chi connectivity index (χ4n) is 1.25. The summed E-state index contributed by atoms with van der Waals surface area (Å²) >= 11 is 4.90. The van der Waals surface area contributed by atoms with E-state index < -0.39 is 34.7 Å². The lowest BCUT2D eigenvalue weighted by Gasteiger charge is -2.25. The van der Waals surface area contributed by atoms with Crippen molar-refractivity contribution in [3.63, 3.8) is 0 Å². The molecule has 0 bridgehead atoms. The van der Waals surface area contributed by atoms with Crippen LogP contribution >= 0.6 is 11.6 Å². The third-order valence-electron chi connectivity index (χ3n) is 2.24. The molecule has 0 aliphatic carbocycles. The summed E-state index contributed by atoms with van der Waals surface area (Å²) in [5.41, 5.74) is -1.57. The van der Waals surface area contributed by atoms with Gasteiger partial charge in [0.15, 0.2) is 0 Å². The second-order valence-electron chi connectivity index (χ2n) is 3.49. The van der Waals surface area contributed by atoms with E-state index in [0.29, 0.717) is 12.1 Å². The van der Waals surface area contributed by atoms with Crippen LogP contribution in [-0.2, 0) is 0 Å². The highest BCUT2D eigenvalue weighted by Gasteiger charge is 2.63. The minimum atomic E-state index is -6.03. The van der Waals surface area contributed by atoms with Gasteiger partial charge in [-0.1, -0.05) is 0 Å². The van der Waals surface area contributed by atoms with Gasteiger partial charge in [0.25, 0.3) is 0 Å². The van der Waals surface area contributed by atoms with Crippen molar-refractivity contribution < 1.29 is 35.5 Å². The topological polar surface area (TPSA) is 9.23 Å². The molecule has 1 unspecified atom stereocenters. The molecule has 0 aliphatic rings. The maximum absolute atomic E-state index is 13.4. The zero-order chi connectivity index (χ0) is 15.0. The van der Waals surface area contributed by atoms with Gasteiger partial charge < -0.3 is 4.74 Å². The summed E-state index contributed by atoms with van der Waals surface area (Å²) < 4.78 is 93.2. The Hall–Kier alpha value is -1.18. The molecule has 0 radical (unpaired) electrons. The van der Waals surface area contributed by atoms with Crippen LogP contribution in [0.15, 0.2) is 12.1 Å². The average Bonchev–Trinajstić information content (AvgIpc) is 2.25. The number of ether oxygens (including phenoxy) is 1. The van der Waals surface area contributed by atoms with Crippen molar-refractivity contribution in [2.45, 2.75) is 17.5 Å². The Kier molecular flexibility index (Phi) is 4.23. The number of halogens is 8. The quantitative estimate of drug-likeness (QED) is 0.592. The number of methoxy groups -OCH3 is 1. The molecule has 9 heteroatoms. The first-order valence-corrected chi connectivity index (χ1v) is 5.07. The molecule has 0 saturated heterocycles. The number of rotatable bonds is 3. The van der Waals surface area contributed by atoms with E-state index in [0.717, 1.165) is 7.11 Å². The standard InChI is InChI=1S/C10H6ClF7O/c1-19-4-2-5(12)7(6(13)3-4)8(11)9(14,15)10(16,17)18/h2-3,8H,1H3. The second kappa shape index (κ2) is 5.07. The van der Waals surface area contributed by atoms with Crippen molar-refractivity contribution in [2.24, 2.45) is 0 Å². The number of benzene rings is 1. The summed E-state index contributed by atoms with van der Waals surface area (Å²) in [5.74, 6) is -9.16. The normalized spacial score (nSPS) is 14.4. The predicted molar refractivity (Wildman–Crippen MR) is 52.5 cm³/mol. The van der Waals surface area contributed by atoms with Gasteiger partial charge in [-0.25, -0.2) is 8.78 Å². The zero-order valence-electron chi connectivity index (χ0n) is 9.16. The molecule has 1 aromatic carbocycles. The highest BCUT2D eigenvalue weighted by Crippen LogP contribution is 2.49. The monoisotopic (exact) mass is 310 g/mol. The van der Waals surface area contributed by atoms with Gasteiger partial charge in [0.2, 0.25) is 0 Å². The fraction of sp³-hybridized carbons (Fsp3) is 0.400. The van der Waals surface area contributed by atoms with Gasteiger partial charge in [0.1, 0.15) is 22.8 Å². The predicted octanol–water partition coefficient (Wildman–Crippen LogP) is 4.45. The highest BCUT2D eigenvalue weighted by molar-refractivity contribution is 6.21. The Labute approximate surface area is 107 Å². The van der Waals surface area contributed by atoms with Crippen LogP contribution in [0.3, 0.4) is 0 Å². The molecule has 0 N–H and O–H groups in total. The summed E-state index contributed by atoms with van der Waals surface area (Å²) in [6, 6.07) is 0.917. The van der Waals surface area contributed by atoms with E-state index in [9.17, 15) is 30.7 Å². The molecular weight excluding hydrogens is 305 g/mol. The molecule has 1 atom stereocenters. The van der Waals surface area contributed by atoms with Crippen LogP contribution in [0, 0.1) is 11.6 Å². The third kappa shape index (κ3) is 2.88. The van der Waals surface area contributed by atoms with Crippen LogP contribution < -0.4 is 4.74 Å². The molecule has 108 valence electrons. The Balaban J connectivity index is 3.32. The van der Waals surface area contributed by atoms with Crippen molar-refractivity contribution in [2.75, 3.05) is 7.11 Å². The van der Waals surface area contributed by atoms with Gasteiger partial charge in [-0.2, -0.15) is 22.0 Å². The first-order valence-electron chi connectivity index (χ1n) is 4.64. The average molecular weight is 311 g/mol. The first-order chi connectivity index (χ1) is 8.52. The van der Waals surface area contributed by atoms with Crippen LogP contribution in [0.5, 0.6) is 5.75 Å². The lowest BCUT2D eigenvalue weighted by Crippen LogP contribution is -2.40. The van der Waals surface area contributed by atoms with Crippen LogP contribution in [0.4, 0.5) is 30.7 Å². The lowest BCUT2D eigenvalue weighted by atomic mass is 10.0. The van der Waals surface area contributed by atoms with E-state index in [4.69, 9.17) is 11.6 Å². The van der Waals surface area contributed by atoms with Crippen molar-refractivity contribution in [3.8, 4) is 5.75 Å². The summed E-state index contributed by atoms with van der Waals surface area (Å²) in [6.45, 7) is 0. The van der Waals surface area contributed by atoms with Crippen molar-refractivity contribution in [1.82, 2.24) is 0 Å². The Morgan fingerprint density at radius 3 is 1.79 bits per heavy atom. The Bertz CT molecular complexity index is 448. The maximum Gasteiger partial charge on any atom is 0.455 e. The summed E-state index contributed by atoms with van der Waals surface area (Å²) in [6.07, 6.45) is -6.03. The van der Waals surface area contributed by atoms with E-state index in [1.165, 1.54) is 0 Å². The minimum Gasteiger partial charge on any atom is -0.497 e.